The molecule has 0 aliphatic carbocycles. The number of nitrogens with zero attached hydrogens (tertiary/aromatic N) is 5. The zero-order valence-corrected chi connectivity index (χ0v) is 22.8. The first-order valence-corrected chi connectivity index (χ1v) is 13.1. The van der Waals surface area contributed by atoms with Crippen molar-refractivity contribution in [1.82, 2.24) is 24.4 Å². The van der Waals surface area contributed by atoms with Crippen LogP contribution in [0.4, 0.5) is 19.0 Å². The predicted octanol–water partition coefficient (Wildman–Crippen LogP) is 7.68. The summed E-state index contributed by atoms with van der Waals surface area (Å²) >= 11 is 12.5. The summed E-state index contributed by atoms with van der Waals surface area (Å²) in [6.45, 7) is 2.04. The summed E-state index contributed by atoms with van der Waals surface area (Å²) in [4.78, 5) is 17.4. The van der Waals surface area contributed by atoms with E-state index in [1.807, 2.05) is 30.3 Å². The lowest BCUT2D eigenvalue weighted by Gasteiger charge is -2.11. The Hall–Kier alpha value is -4.41. The number of amides is 1. The number of halogens is 5. The Bertz CT molecular complexity index is 1940. The maximum Gasteiger partial charge on any atom is 0.433 e. The summed E-state index contributed by atoms with van der Waals surface area (Å²) in [7, 11) is 0. The molecule has 0 aliphatic heterocycles. The summed E-state index contributed by atoms with van der Waals surface area (Å²) in [5.41, 5.74) is 0.545. The first kappa shape index (κ1) is 26.8. The summed E-state index contributed by atoms with van der Waals surface area (Å²) < 4.78 is 44.5. The Morgan fingerprint density at radius 2 is 1.63 bits per heavy atom. The minimum Gasteiger partial charge on any atom is -0.304 e. The lowest BCUT2D eigenvalue weighted by atomic mass is 10.0. The molecule has 206 valence electrons. The van der Waals surface area contributed by atoms with Crippen LogP contribution in [0.1, 0.15) is 27.4 Å². The number of fused-ring (bicyclic) bond motifs is 2. The zero-order chi connectivity index (χ0) is 28.9. The lowest BCUT2D eigenvalue weighted by molar-refractivity contribution is -0.142. The molecule has 6 aromatic rings. The van der Waals surface area contributed by atoms with Gasteiger partial charge in [0, 0.05) is 39.0 Å². The van der Waals surface area contributed by atoms with Crippen LogP contribution in [0.2, 0.25) is 10.0 Å². The quantitative estimate of drug-likeness (QED) is 0.222. The highest BCUT2D eigenvalue weighted by Gasteiger charge is 2.35. The highest BCUT2D eigenvalue weighted by atomic mass is 35.5. The molecule has 0 spiro atoms. The van der Waals surface area contributed by atoms with Crippen molar-refractivity contribution < 1.29 is 18.0 Å². The molecule has 0 radical (unpaired) electrons. The smallest absolute Gasteiger partial charge is 0.304 e. The minimum absolute atomic E-state index is 0.107. The van der Waals surface area contributed by atoms with Crippen LogP contribution >= 0.6 is 23.2 Å². The Kier molecular flexibility index (Phi) is 6.67. The van der Waals surface area contributed by atoms with Crippen molar-refractivity contribution in [2.75, 3.05) is 5.32 Å². The van der Waals surface area contributed by atoms with E-state index in [1.54, 1.807) is 48.0 Å². The van der Waals surface area contributed by atoms with E-state index >= 15 is 0 Å². The molecule has 0 saturated heterocycles. The summed E-state index contributed by atoms with van der Waals surface area (Å²) in [6, 6.07) is 21.7. The predicted molar refractivity (Wildman–Crippen MR) is 151 cm³/mol. The second kappa shape index (κ2) is 10.2. The van der Waals surface area contributed by atoms with Gasteiger partial charge in [0.2, 0.25) is 0 Å². The molecule has 0 unspecified atom stereocenters. The van der Waals surface area contributed by atoms with Gasteiger partial charge < -0.3 is 5.32 Å². The Morgan fingerprint density at radius 1 is 0.902 bits per heavy atom. The number of alkyl halides is 3. The standard InChI is InChI=1S/C29H19Cl2F3N6O/c1-16-11-26(38-39(16)15-20-21(30)7-4-8-22(20)31)36-28(41)24-14-27-35-23(13-25(29(32,33)34)40(27)37-24)19-10-9-17-5-2-3-6-18(17)12-19/h2-14H,15H2,1H3,(H,36,38,41). The number of anilines is 1. The lowest BCUT2D eigenvalue weighted by Crippen LogP contribution is -2.16. The van der Waals surface area contributed by atoms with Gasteiger partial charge in [0.25, 0.3) is 5.91 Å². The number of benzene rings is 3. The molecule has 3 aromatic heterocycles. The summed E-state index contributed by atoms with van der Waals surface area (Å²) in [5.74, 6) is -0.551. The molecule has 3 heterocycles. The molecule has 3 aromatic carbocycles. The molecule has 0 bridgehead atoms. The average molecular weight is 595 g/mol. The maximum atomic E-state index is 14.1. The molecule has 1 N–H and O–H groups in total. The van der Waals surface area contributed by atoms with E-state index < -0.39 is 17.8 Å². The van der Waals surface area contributed by atoms with E-state index in [0.717, 1.165) is 16.8 Å². The van der Waals surface area contributed by atoms with Crippen molar-refractivity contribution in [3.63, 3.8) is 0 Å². The van der Waals surface area contributed by atoms with Crippen LogP contribution in [0.15, 0.2) is 78.9 Å². The number of hydrogen-bond donors (Lipinski definition) is 1. The van der Waals surface area contributed by atoms with Crippen molar-refractivity contribution in [3.05, 3.63) is 112 Å². The molecule has 0 atom stereocenters. The normalized spacial score (nSPS) is 11.9. The second-order valence-corrected chi connectivity index (χ2v) is 10.2. The van der Waals surface area contributed by atoms with Crippen LogP contribution in [0.5, 0.6) is 0 Å². The number of hydrogen-bond acceptors (Lipinski definition) is 4. The van der Waals surface area contributed by atoms with Gasteiger partial charge in [0.1, 0.15) is 0 Å². The van der Waals surface area contributed by atoms with E-state index in [1.165, 1.54) is 6.07 Å². The molecule has 0 saturated carbocycles. The van der Waals surface area contributed by atoms with Gasteiger partial charge in [-0.1, -0.05) is 65.7 Å². The van der Waals surface area contributed by atoms with Crippen LogP contribution in [0.25, 0.3) is 27.7 Å². The highest BCUT2D eigenvalue weighted by Crippen LogP contribution is 2.33. The van der Waals surface area contributed by atoms with E-state index in [2.05, 4.69) is 20.5 Å². The number of carbonyl (C=O) groups excluding carboxylic acids is 1. The van der Waals surface area contributed by atoms with Gasteiger partial charge in [0.05, 0.1) is 12.2 Å². The molecule has 7 nitrogen and oxygen atoms in total. The Balaban J connectivity index is 1.32. The van der Waals surface area contributed by atoms with Gasteiger partial charge in [0.15, 0.2) is 22.9 Å². The summed E-state index contributed by atoms with van der Waals surface area (Å²) in [5, 5.41) is 13.7. The molecule has 1 amide bonds. The number of rotatable bonds is 5. The van der Waals surface area contributed by atoms with Crippen molar-refractivity contribution >= 4 is 51.3 Å². The SMILES string of the molecule is Cc1cc(NC(=O)c2cc3nc(-c4ccc5ccccc5c4)cc(C(F)(F)F)n3n2)nn1Cc1c(Cl)cccc1Cl. The van der Waals surface area contributed by atoms with Crippen molar-refractivity contribution in [1.29, 1.82) is 0 Å². The minimum atomic E-state index is -4.75. The average Bonchev–Trinajstić information content (AvgIpc) is 3.52. The van der Waals surface area contributed by atoms with Gasteiger partial charge in [-0.2, -0.15) is 23.4 Å². The molecular formula is C29H19Cl2F3N6O. The third-order valence-corrected chi connectivity index (χ3v) is 7.30. The molecule has 12 heteroatoms. The second-order valence-electron chi connectivity index (χ2n) is 9.37. The fourth-order valence-corrected chi connectivity index (χ4v) is 5.05. The zero-order valence-electron chi connectivity index (χ0n) is 21.2. The van der Waals surface area contributed by atoms with E-state index in [0.29, 0.717) is 31.4 Å². The van der Waals surface area contributed by atoms with Gasteiger partial charge >= 0.3 is 6.18 Å². The molecular weight excluding hydrogens is 576 g/mol. The first-order chi connectivity index (χ1) is 19.6. The van der Waals surface area contributed by atoms with Crippen molar-refractivity contribution in [2.45, 2.75) is 19.6 Å². The third kappa shape index (κ3) is 5.23. The number of carbonyl (C=O) groups is 1. The van der Waals surface area contributed by atoms with Crippen LogP contribution in [0.3, 0.4) is 0 Å². The van der Waals surface area contributed by atoms with Crippen LogP contribution < -0.4 is 5.32 Å². The topological polar surface area (TPSA) is 77.1 Å². The van der Waals surface area contributed by atoms with Gasteiger partial charge in [-0.3, -0.25) is 9.48 Å². The maximum absolute atomic E-state index is 14.1. The van der Waals surface area contributed by atoms with Gasteiger partial charge in [-0.25, -0.2) is 9.50 Å². The number of nitrogens with one attached hydrogen (secondary N) is 1. The largest absolute Gasteiger partial charge is 0.433 e. The Morgan fingerprint density at radius 3 is 2.37 bits per heavy atom. The monoisotopic (exact) mass is 594 g/mol. The number of aryl methyl sites for hydroxylation is 1. The summed E-state index contributed by atoms with van der Waals surface area (Å²) in [6.07, 6.45) is -4.75. The van der Waals surface area contributed by atoms with E-state index in [9.17, 15) is 18.0 Å². The fraction of sp³-hybridized carbons (Fsp3) is 0.103. The van der Waals surface area contributed by atoms with E-state index in [4.69, 9.17) is 23.2 Å². The van der Waals surface area contributed by atoms with E-state index in [-0.39, 0.29) is 29.4 Å². The van der Waals surface area contributed by atoms with Crippen LogP contribution in [0, 0.1) is 6.92 Å². The van der Waals surface area contributed by atoms with Crippen molar-refractivity contribution in [3.8, 4) is 11.3 Å². The van der Waals surface area contributed by atoms with Gasteiger partial charge in [-0.15, -0.1) is 0 Å². The first-order valence-electron chi connectivity index (χ1n) is 12.3. The Labute approximate surface area is 241 Å². The number of aromatic nitrogens is 5. The van der Waals surface area contributed by atoms with Gasteiger partial charge in [-0.05, 0) is 42.0 Å². The molecule has 6 rings (SSSR count). The van der Waals surface area contributed by atoms with Crippen LogP contribution in [-0.4, -0.2) is 30.3 Å². The molecule has 41 heavy (non-hydrogen) atoms. The van der Waals surface area contributed by atoms with Crippen molar-refractivity contribution in [2.24, 2.45) is 0 Å². The highest BCUT2D eigenvalue weighted by molar-refractivity contribution is 6.36. The fourth-order valence-electron chi connectivity index (χ4n) is 4.53. The molecule has 0 fully saturated rings. The third-order valence-electron chi connectivity index (χ3n) is 6.59. The van der Waals surface area contributed by atoms with Crippen LogP contribution in [-0.2, 0) is 12.7 Å². The molecule has 0 aliphatic rings.